The van der Waals surface area contributed by atoms with Gasteiger partial charge in [-0.15, -0.1) is 0 Å². The van der Waals surface area contributed by atoms with Crippen LogP contribution in [0.25, 0.3) is 0 Å². The van der Waals surface area contributed by atoms with Gasteiger partial charge in [0.1, 0.15) is 5.82 Å². The minimum Gasteiger partial charge on any atom is -0.314 e. The van der Waals surface area contributed by atoms with Gasteiger partial charge >= 0.3 is 0 Å². The summed E-state index contributed by atoms with van der Waals surface area (Å²) in [4.78, 5) is 0. The molecule has 0 aliphatic heterocycles. The topological polar surface area (TPSA) is 12.0 Å². The number of hydrogen-bond donors (Lipinski definition) is 1. The maximum Gasteiger partial charge on any atom is 0.126 e. The van der Waals surface area contributed by atoms with Crippen molar-refractivity contribution in [2.75, 3.05) is 6.54 Å². The second-order valence-corrected chi connectivity index (χ2v) is 6.19. The molecule has 100 valence electrons. The van der Waals surface area contributed by atoms with Gasteiger partial charge in [-0.25, -0.2) is 4.39 Å². The molecule has 0 saturated heterocycles. The molecule has 1 N–H and O–H groups in total. The highest BCUT2D eigenvalue weighted by atomic mass is 79.9. The molecule has 1 saturated carbocycles. The highest BCUT2D eigenvalue weighted by Gasteiger charge is 2.22. The number of rotatable bonds is 7. The minimum atomic E-state index is -0.0780. The van der Waals surface area contributed by atoms with Gasteiger partial charge in [0.2, 0.25) is 0 Å². The largest absolute Gasteiger partial charge is 0.314 e. The first kappa shape index (κ1) is 14.0. The Kier molecular flexibility index (Phi) is 5.19. The van der Waals surface area contributed by atoms with Crippen LogP contribution in [0.2, 0.25) is 0 Å². The quantitative estimate of drug-likeness (QED) is 0.791. The smallest absolute Gasteiger partial charge is 0.126 e. The molecule has 1 aromatic carbocycles. The zero-order chi connectivity index (χ0) is 13.0. The van der Waals surface area contributed by atoms with Crippen LogP contribution in [0.4, 0.5) is 4.39 Å². The average molecular weight is 314 g/mol. The van der Waals surface area contributed by atoms with Crippen LogP contribution in [-0.4, -0.2) is 12.6 Å². The van der Waals surface area contributed by atoms with E-state index in [1.54, 1.807) is 12.1 Å². The number of hydrogen-bond acceptors (Lipinski definition) is 1. The van der Waals surface area contributed by atoms with Crippen LogP contribution in [0.1, 0.15) is 38.2 Å². The molecule has 0 bridgehead atoms. The normalized spacial score (nSPS) is 16.8. The maximum absolute atomic E-state index is 13.7. The van der Waals surface area contributed by atoms with E-state index in [9.17, 15) is 4.39 Å². The van der Waals surface area contributed by atoms with Gasteiger partial charge in [-0.2, -0.15) is 0 Å². The van der Waals surface area contributed by atoms with Crippen molar-refractivity contribution in [3.8, 4) is 0 Å². The Morgan fingerprint density at radius 2 is 2.22 bits per heavy atom. The fourth-order valence-electron chi connectivity index (χ4n) is 2.32. The maximum atomic E-state index is 13.7. The molecule has 1 aromatic rings. The van der Waals surface area contributed by atoms with Gasteiger partial charge in [-0.3, -0.25) is 0 Å². The first-order valence-electron chi connectivity index (χ1n) is 6.86. The van der Waals surface area contributed by atoms with Crippen LogP contribution >= 0.6 is 15.9 Å². The molecule has 1 aliphatic rings. The van der Waals surface area contributed by atoms with Crippen LogP contribution in [0.15, 0.2) is 22.7 Å². The molecule has 1 nitrogen and oxygen atoms in total. The predicted octanol–water partition coefficient (Wildman–Crippen LogP) is 4.30. The molecule has 0 radical (unpaired) electrons. The molecule has 0 aromatic heterocycles. The zero-order valence-corrected chi connectivity index (χ0v) is 12.5. The van der Waals surface area contributed by atoms with Gasteiger partial charge in [0.05, 0.1) is 0 Å². The number of nitrogens with one attached hydrogen (secondary N) is 1. The lowest BCUT2D eigenvalue weighted by Gasteiger charge is -2.17. The van der Waals surface area contributed by atoms with Crippen molar-refractivity contribution in [1.82, 2.24) is 5.32 Å². The number of benzene rings is 1. The molecule has 1 aliphatic carbocycles. The molecule has 2 rings (SSSR count). The van der Waals surface area contributed by atoms with Crippen LogP contribution in [0, 0.1) is 11.7 Å². The predicted molar refractivity (Wildman–Crippen MR) is 77.2 cm³/mol. The standard InChI is InChI=1S/C15H21BrFN/c1-2-3-11(10-18-14-5-6-14)8-12-9-13(16)4-7-15(12)17/h4,7,9,11,14,18H,2-3,5-6,8,10H2,1H3. The summed E-state index contributed by atoms with van der Waals surface area (Å²) in [7, 11) is 0. The molecule has 0 amide bonds. The van der Waals surface area contributed by atoms with Gasteiger partial charge in [0.25, 0.3) is 0 Å². The van der Waals surface area contributed by atoms with E-state index in [1.807, 2.05) is 6.07 Å². The van der Waals surface area contributed by atoms with Crippen LogP contribution < -0.4 is 5.32 Å². The third kappa shape index (κ3) is 4.36. The number of halogens is 2. The van der Waals surface area contributed by atoms with Crippen molar-refractivity contribution < 1.29 is 4.39 Å². The van der Waals surface area contributed by atoms with Gasteiger partial charge in [-0.1, -0.05) is 29.3 Å². The Balaban J connectivity index is 1.94. The van der Waals surface area contributed by atoms with E-state index in [0.29, 0.717) is 5.92 Å². The van der Waals surface area contributed by atoms with Crippen molar-refractivity contribution in [2.24, 2.45) is 5.92 Å². The van der Waals surface area contributed by atoms with E-state index in [4.69, 9.17) is 0 Å². The fourth-order valence-corrected chi connectivity index (χ4v) is 2.72. The van der Waals surface area contributed by atoms with Crippen molar-refractivity contribution in [3.05, 3.63) is 34.1 Å². The SMILES string of the molecule is CCCC(CNC1CC1)Cc1cc(Br)ccc1F. The molecular weight excluding hydrogens is 293 g/mol. The molecule has 0 heterocycles. The summed E-state index contributed by atoms with van der Waals surface area (Å²) >= 11 is 3.42. The molecule has 3 heteroatoms. The minimum absolute atomic E-state index is 0.0780. The third-order valence-corrected chi connectivity index (χ3v) is 3.98. The van der Waals surface area contributed by atoms with Crippen molar-refractivity contribution in [2.45, 2.75) is 45.1 Å². The monoisotopic (exact) mass is 313 g/mol. The Morgan fingerprint density at radius 3 is 2.89 bits per heavy atom. The summed E-state index contributed by atoms with van der Waals surface area (Å²) in [6.45, 7) is 3.21. The van der Waals surface area contributed by atoms with Gasteiger partial charge in [0, 0.05) is 10.5 Å². The van der Waals surface area contributed by atoms with Crippen LogP contribution in [0.5, 0.6) is 0 Å². The van der Waals surface area contributed by atoms with E-state index >= 15 is 0 Å². The van der Waals surface area contributed by atoms with Crippen molar-refractivity contribution in [3.63, 3.8) is 0 Å². The summed E-state index contributed by atoms with van der Waals surface area (Å²) in [6, 6.07) is 5.96. The van der Waals surface area contributed by atoms with Crippen molar-refractivity contribution in [1.29, 1.82) is 0 Å². The first-order chi connectivity index (χ1) is 8.69. The molecule has 1 atom stereocenters. The van der Waals surface area contributed by atoms with Crippen LogP contribution in [0.3, 0.4) is 0 Å². The van der Waals surface area contributed by atoms with Crippen LogP contribution in [-0.2, 0) is 6.42 Å². The van der Waals surface area contributed by atoms with E-state index in [2.05, 4.69) is 28.2 Å². The summed E-state index contributed by atoms with van der Waals surface area (Å²) < 4.78 is 14.7. The Labute approximate surface area is 117 Å². The lowest BCUT2D eigenvalue weighted by molar-refractivity contribution is 0.430. The van der Waals surface area contributed by atoms with Gasteiger partial charge in [-0.05, 0) is 61.9 Å². The Hall–Kier alpha value is -0.410. The molecule has 0 spiro atoms. The highest BCUT2D eigenvalue weighted by Crippen LogP contribution is 2.23. The van der Waals surface area contributed by atoms with E-state index in [-0.39, 0.29) is 5.82 Å². The summed E-state index contributed by atoms with van der Waals surface area (Å²) in [6.07, 6.45) is 5.77. The molecule has 1 fully saturated rings. The van der Waals surface area contributed by atoms with E-state index in [1.165, 1.54) is 12.8 Å². The lowest BCUT2D eigenvalue weighted by Crippen LogP contribution is -2.26. The summed E-state index contributed by atoms with van der Waals surface area (Å²) in [5, 5.41) is 3.56. The Bertz CT molecular complexity index is 390. The molecule has 18 heavy (non-hydrogen) atoms. The first-order valence-corrected chi connectivity index (χ1v) is 7.65. The fraction of sp³-hybridized carbons (Fsp3) is 0.600. The zero-order valence-electron chi connectivity index (χ0n) is 10.9. The Morgan fingerprint density at radius 1 is 1.44 bits per heavy atom. The molecular formula is C15H21BrFN. The second kappa shape index (κ2) is 6.67. The highest BCUT2D eigenvalue weighted by molar-refractivity contribution is 9.10. The molecule has 1 unspecified atom stereocenters. The van der Waals surface area contributed by atoms with Gasteiger partial charge in [0.15, 0.2) is 0 Å². The van der Waals surface area contributed by atoms with Gasteiger partial charge < -0.3 is 5.32 Å². The second-order valence-electron chi connectivity index (χ2n) is 5.28. The average Bonchev–Trinajstić information content (AvgIpc) is 3.15. The summed E-state index contributed by atoms with van der Waals surface area (Å²) in [5.74, 6) is 0.463. The van der Waals surface area contributed by atoms with Crippen molar-refractivity contribution >= 4 is 15.9 Å². The van der Waals surface area contributed by atoms with E-state index in [0.717, 1.165) is 41.9 Å². The lowest BCUT2D eigenvalue weighted by atomic mass is 9.94. The van der Waals surface area contributed by atoms with E-state index < -0.39 is 0 Å². The summed E-state index contributed by atoms with van der Waals surface area (Å²) in [5.41, 5.74) is 0.834. The third-order valence-electron chi connectivity index (χ3n) is 3.49.